The predicted molar refractivity (Wildman–Crippen MR) is 85.5 cm³/mol. The Hall–Kier alpha value is -1.75. The summed E-state index contributed by atoms with van der Waals surface area (Å²) in [7, 11) is 0. The molecule has 3 nitrogen and oxygen atoms in total. The number of nitrogens with zero attached hydrogens (tertiary/aromatic N) is 1. The number of aryl methyl sites for hydroxylation is 2. The van der Waals surface area contributed by atoms with Crippen molar-refractivity contribution in [1.29, 1.82) is 0 Å². The first-order chi connectivity index (χ1) is 10.6. The van der Waals surface area contributed by atoms with Crippen LogP contribution in [0.25, 0.3) is 0 Å². The minimum atomic E-state index is -0.209. The molecule has 116 valence electrons. The summed E-state index contributed by atoms with van der Waals surface area (Å²) >= 11 is 1.69. The third-order valence-corrected chi connectivity index (χ3v) is 5.10. The molecule has 1 unspecified atom stereocenters. The quantitative estimate of drug-likeness (QED) is 0.941. The molecule has 1 aromatic carbocycles. The van der Waals surface area contributed by atoms with Gasteiger partial charge >= 0.3 is 0 Å². The van der Waals surface area contributed by atoms with Gasteiger partial charge in [-0.15, -0.1) is 11.3 Å². The summed E-state index contributed by atoms with van der Waals surface area (Å²) in [5.41, 5.74) is 1.81. The fraction of sp³-hybridized carbons (Fsp3) is 0.412. The van der Waals surface area contributed by atoms with Crippen molar-refractivity contribution in [2.45, 2.75) is 32.6 Å². The largest absolute Gasteiger partial charge is 0.356 e. The molecule has 0 saturated carbocycles. The monoisotopic (exact) mass is 318 g/mol. The molecule has 1 N–H and O–H groups in total. The Kier molecular flexibility index (Phi) is 4.52. The van der Waals surface area contributed by atoms with Crippen molar-refractivity contribution in [3.63, 3.8) is 0 Å². The van der Waals surface area contributed by atoms with E-state index >= 15 is 0 Å². The first-order valence-corrected chi connectivity index (χ1v) is 8.41. The average molecular weight is 318 g/mol. The average Bonchev–Trinajstić information content (AvgIpc) is 2.88. The van der Waals surface area contributed by atoms with Crippen LogP contribution in [-0.4, -0.2) is 17.4 Å². The molecule has 22 heavy (non-hydrogen) atoms. The normalized spacial score (nSPS) is 17.1. The van der Waals surface area contributed by atoms with Crippen molar-refractivity contribution in [3.8, 4) is 0 Å². The summed E-state index contributed by atoms with van der Waals surface area (Å²) in [6.07, 6.45) is 3.04. The van der Waals surface area contributed by atoms with Gasteiger partial charge in [0.2, 0.25) is 5.91 Å². The summed E-state index contributed by atoms with van der Waals surface area (Å²) in [5, 5.41) is 4.02. The van der Waals surface area contributed by atoms with Crippen molar-refractivity contribution in [3.05, 3.63) is 51.2 Å². The SMILES string of the molecule is Cc1nc2c(s1)CC(C(=O)NCCc1ccccc1F)CC2. The highest BCUT2D eigenvalue weighted by Gasteiger charge is 2.26. The lowest BCUT2D eigenvalue weighted by Crippen LogP contribution is -2.35. The Bertz CT molecular complexity index is 683. The zero-order valence-corrected chi connectivity index (χ0v) is 13.4. The van der Waals surface area contributed by atoms with Crippen LogP contribution in [-0.2, 0) is 24.1 Å². The topological polar surface area (TPSA) is 42.0 Å². The number of thiazole rings is 1. The van der Waals surface area contributed by atoms with Gasteiger partial charge in [0.05, 0.1) is 10.7 Å². The zero-order valence-electron chi connectivity index (χ0n) is 12.6. The molecular weight excluding hydrogens is 299 g/mol. The van der Waals surface area contributed by atoms with Crippen molar-refractivity contribution in [2.75, 3.05) is 6.54 Å². The second-order valence-corrected chi connectivity index (χ2v) is 6.96. The van der Waals surface area contributed by atoms with Crippen LogP contribution in [0.2, 0.25) is 0 Å². The maximum Gasteiger partial charge on any atom is 0.223 e. The third-order valence-electron chi connectivity index (χ3n) is 4.07. The number of fused-ring (bicyclic) bond motifs is 1. The first-order valence-electron chi connectivity index (χ1n) is 7.60. The number of hydrogen-bond donors (Lipinski definition) is 1. The van der Waals surface area contributed by atoms with Crippen LogP contribution in [0.5, 0.6) is 0 Å². The van der Waals surface area contributed by atoms with Crippen LogP contribution < -0.4 is 5.32 Å². The van der Waals surface area contributed by atoms with Gasteiger partial charge in [-0.2, -0.15) is 0 Å². The lowest BCUT2D eigenvalue weighted by molar-refractivity contribution is -0.125. The molecule has 2 aromatic rings. The Balaban J connectivity index is 1.52. The highest BCUT2D eigenvalue weighted by Crippen LogP contribution is 2.29. The number of aromatic nitrogens is 1. The van der Waals surface area contributed by atoms with Crippen LogP contribution in [0.4, 0.5) is 4.39 Å². The Morgan fingerprint density at radius 2 is 2.27 bits per heavy atom. The molecule has 1 aliphatic rings. The van der Waals surface area contributed by atoms with Gasteiger partial charge < -0.3 is 5.32 Å². The van der Waals surface area contributed by atoms with Gasteiger partial charge in [0, 0.05) is 17.3 Å². The Morgan fingerprint density at radius 3 is 3.09 bits per heavy atom. The van der Waals surface area contributed by atoms with Gasteiger partial charge in [-0.3, -0.25) is 4.79 Å². The highest BCUT2D eigenvalue weighted by atomic mass is 32.1. The number of halogens is 1. The maximum atomic E-state index is 13.5. The fourth-order valence-corrected chi connectivity index (χ4v) is 3.96. The molecular formula is C17H19FN2OS. The molecule has 1 amide bonds. The van der Waals surface area contributed by atoms with E-state index in [0.717, 1.165) is 30.0 Å². The van der Waals surface area contributed by atoms with E-state index in [0.29, 0.717) is 18.5 Å². The van der Waals surface area contributed by atoms with Gasteiger partial charge in [0.15, 0.2) is 0 Å². The number of amides is 1. The number of hydrogen-bond acceptors (Lipinski definition) is 3. The number of benzene rings is 1. The summed E-state index contributed by atoms with van der Waals surface area (Å²) in [5.74, 6) is -0.111. The minimum Gasteiger partial charge on any atom is -0.356 e. The summed E-state index contributed by atoms with van der Waals surface area (Å²) < 4.78 is 13.5. The summed E-state index contributed by atoms with van der Waals surface area (Å²) in [4.78, 5) is 18.0. The maximum absolute atomic E-state index is 13.5. The van der Waals surface area contributed by atoms with Crippen LogP contribution in [0.15, 0.2) is 24.3 Å². The van der Waals surface area contributed by atoms with Gasteiger partial charge in [0.1, 0.15) is 5.82 Å². The lowest BCUT2D eigenvalue weighted by Gasteiger charge is -2.20. The third kappa shape index (κ3) is 3.35. The standard InChI is InChI=1S/C17H19FN2OS/c1-11-20-15-7-6-13(10-16(15)22-11)17(21)19-9-8-12-4-2-3-5-14(12)18/h2-5,13H,6-10H2,1H3,(H,19,21). The number of carbonyl (C=O) groups is 1. The van der Waals surface area contributed by atoms with E-state index in [-0.39, 0.29) is 17.6 Å². The predicted octanol–water partition coefficient (Wildman–Crippen LogP) is 3.05. The van der Waals surface area contributed by atoms with Crippen molar-refractivity contribution < 1.29 is 9.18 Å². The van der Waals surface area contributed by atoms with E-state index < -0.39 is 0 Å². The van der Waals surface area contributed by atoms with E-state index in [1.807, 2.05) is 13.0 Å². The van der Waals surface area contributed by atoms with E-state index in [2.05, 4.69) is 10.3 Å². The molecule has 5 heteroatoms. The minimum absolute atomic E-state index is 0.0213. The van der Waals surface area contributed by atoms with Crippen LogP contribution in [0.3, 0.4) is 0 Å². The molecule has 0 spiro atoms. The Labute approximate surface area is 133 Å². The summed E-state index contributed by atoms with van der Waals surface area (Å²) in [6, 6.07) is 6.70. The van der Waals surface area contributed by atoms with E-state index in [4.69, 9.17) is 0 Å². The summed E-state index contributed by atoms with van der Waals surface area (Å²) in [6.45, 7) is 2.48. The molecule has 1 aliphatic carbocycles. The first kappa shape index (κ1) is 15.2. The van der Waals surface area contributed by atoms with Gasteiger partial charge in [-0.05, 0) is 44.2 Å². The molecule has 0 bridgehead atoms. The van der Waals surface area contributed by atoms with Gasteiger partial charge in [-0.1, -0.05) is 18.2 Å². The molecule has 0 fully saturated rings. The van der Waals surface area contributed by atoms with Crippen molar-refractivity contribution in [2.24, 2.45) is 5.92 Å². The molecule has 3 rings (SSSR count). The van der Waals surface area contributed by atoms with E-state index in [1.165, 1.54) is 10.9 Å². The fourth-order valence-electron chi connectivity index (χ4n) is 2.89. The molecule has 1 atom stereocenters. The van der Waals surface area contributed by atoms with Crippen molar-refractivity contribution >= 4 is 17.2 Å². The van der Waals surface area contributed by atoms with Crippen molar-refractivity contribution in [1.82, 2.24) is 10.3 Å². The van der Waals surface area contributed by atoms with Crippen LogP contribution >= 0.6 is 11.3 Å². The lowest BCUT2D eigenvalue weighted by atomic mass is 9.90. The molecule has 0 aliphatic heterocycles. The molecule has 1 heterocycles. The van der Waals surface area contributed by atoms with Gasteiger partial charge in [0.25, 0.3) is 0 Å². The second-order valence-electron chi connectivity index (χ2n) is 5.67. The van der Waals surface area contributed by atoms with Crippen LogP contribution in [0, 0.1) is 18.7 Å². The molecule has 0 saturated heterocycles. The number of rotatable bonds is 4. The number of carbonyl (C=O) groups excluding carboxylic acids is 1. The molecule has 0 radical (unpaired) electrons. The van der Waals surface area contributed by atoms with Crippen LogP contribution in [0.1, 0.15) is 27.6 Å². The molecule has 1 aromatic heterocycles. The van der Waals surface area contributed by atoms with E-state index in [9.17, 15) is 9.18 Å². The highest BCUT2D eigenvalue weighted by molar-refractivity contribution is 7.11. The Morgan fingerprint density at radius 1 is 1.45 bits per heavy atom. The second kappa shape index (κ2) is 6.57. The van der Waals surface area contributed by atoms with Gasteiger partial charge in [-0.25, -0.2) is 9.37 Å². The zero-order chi connectivity index (χ0) is 15.5. The number of nitrogens with one attached hydrogen (secondary N) is 1. The van der Waals surface area contributed by atoms with E-state index in [1.54, 1.807) is 23.5 Å². The smallest absolute Gasteiger partial charge is 0.223 e.